The van der Waals surface area contributed by atoms with E-state index < -0.39 is 38.2 Å². The summed E-state index contributed by atoms with van der Waals surface area (Å²) in [5.74, 6) is -0.580. The number of rotatable bonds is 5. The maximum atomic E-state index is 13.2. The summed E-state index contributed by atoms with van der Waals surface area (Å²) in [6.45, 7) is 1.63. The molecule has 0 bridgehead atoms. The first-order valence-electron chi connectivity index (χ1n) is 10.1. The van der Waals surface area contributed by atoms with Gasteiger partial charge in [-0.05, 0) is 55.0 Å². The number of fused-ring (bicyclic) bond motifs is 1. The summed E-state index contributed by atoms with van der Waals surface area (Å²) in [5.41, 5.74) is -3.24. The molecule has 0 radical (unpaired) electrons. The predicted molar refractivity (Wildman–Crippen MR) is 119 cm³/mol. The summed E-state index contributed by atoms with van der Waals surface area (Å²) >= 11 is 0. The molecule has 8 nitrogen and oxygen atoms in total. The van der Waals surface area contributed by atoms with Crippen molar-refractivity contribution < 1.29 is 31.2 Å². The van der Waals surface area contributed by atoms with Gasteiger partial charge in [0.2, 0.25) is 0 Å². The minimum atomic E-state index is -5.54. The van der Waals surface area contributed by atoms with Gasteiger partial charge in [0.1, 0.15) is 6.04 Å². The van der Waals surface area contributed by atoms with E-state index >= 15 is 0 Å². The van der Waals surface area contributed by atoms with E-state index in [1.807, 2.05) is 18.2 Å². The van der Waals surface area contributed by atoms with Gasteiger partial charge < -0.3 is 10.2 Å². The van der Waals surface area contributed by atoms with Gasteiger partial charge in [-0.1, -0.05) is 6.07 Å². The number of nitrogens with one attached hydrogen (secondary N) is 1. The highest BCUT2D eigenvalue weighted by Crippen LogP contribution is 2.33. The Bertz CT molecular complexity index is 1390. The number of pyridine rings is 1. The summed E-state index contributed by atoms with van der Waals surface area (Å²) in [5, 5.41) is 3.87. The second-order valence-corrected chi connectivity index (χ2v) is 9.56. The number of carbonyl (C=O) groups excluding carboxylic acids is 2. The molecule has 2 aromatic carbocycles. The van der Waals surface area contributed by atoms with Gasteiger partial charge in [-0.2, -0.15) is 13.2 Å². The highest BCUT2D eigenvalue weighted by Gasteiger charge is 2.47. The van der Waals surface area contributed by atoms with Crippen LogP contribution in [0.3, 0.4) is 0 Å². The quantitative estimate of drug-likeness (QED) is 0.542. The molecule has 1 aliphatic heterocycles. The lowest BCUT2D eigenvalue weighted by Gasteiger charge is -2.21. The van der Waals surface area contributed by atoms with Gasteiger partial charge in [0.05, 0.1) is 16.1 Å². The molecule has 1 N–H and O–H groups in total. The van der Waals surface area contributed by atoms with Gasteiger partial charge in [-0.15, -0.1) is 0 Å². The highest BCUT2D eigenvalue weighted by molar-refractivity contribution is 7.92. The molecule has 178 valence electrons. The van der Waals surface area contributed by atoms with Gasteiger partial charge in [-0.25, -0.2) is 18.1 Å². The first-order valence-corrected chi connectivity index (χ1v) is 11.6. The average molecular weight is 492 g/mol. The Morgan fingerprint density at radius 2 is 1.74 bits per heavy atom. The molecule has 34 heavy (non-hydrogen) atoms. The van der Waals surface area contributed by atoms with E-state index in [9.17, 15) is 31.2 Å². The highest BCUT2D eigenvalue weighted by atomic mass is 32.2. The molecule has 1 aliphatic rings. The molecule has 1 atom stereocenters. The van der Waals surface area contributed by atoms with Crippen LogP contribution in [0.5, 0.6) is 0 Å². The molecule has 0 aliphatic carbocycles. The Kier molecular flexibility index (Phi) is 5.72. The predicted octanol–water partition coefficient (Wildman–Crippen LogP) is 3.93. The molecule has 3 amide bonds. The fourth-order valence-electron chi connectivity index (χ4n) is 3.86. The lowest BCUT2D eigenvalue weighted by Crippen LogP contribution is -2.33. The second-order valence-electron chi connectivity index (χ2n) is 7.62. The lowest BCUT2D eigenvalue weighted by molar-refractivity contribution is -0.119. The van der Waals surface area contributed by atoms with Gasteiger partial charge in [0.25, 0.3) is 15.7 Å². The van der Waals surface area contributed by atoms with Crippen molar-refractivity contribution in [1.82, 2.24) is 9.88 Å². The molecule has 1 saturated heterocycles. The maximum absolute atomic E-state index is 13.2. The van der Waals surface area contributed by atoms with E-state index in [0.717, 1.165) is 45.8 Å². The third kappa shape index (κ3) is 3.73. The first kappa shape index (κ1) is 23.5. The van der Waals surface area contributed by atoms with Crippen LogP contribution >= 0.6 is 0 Å². The molecular weight excluding hydrogens is 473 g/mol. The summed E-state index contributed by atoms with van der Waals surface area (Å²) in [6, 6.07) is 9.20. The van der Waals surface area contributed by atoms with Crippen LogP contribution in [-0.2, 0) is 21.2 Å². The Morgan fingerprint density at radius 1 is 1.06 bits per heavy atom. The number of hydrogen-bond acceptors (Lipinski definition) is 6. The van der Waals surface area contributed by atoms with Gasteiger partial charge in [-0.3, -0.25) is 9.78 Å². The van der Waals surface area contributed by atoms with Crippen molar-refractivity contribution in [2.75, 3.05) is 17.3 Å². The summed E-state index contributed by atoms with van der Waals surface area (Å²) in [4.78, 5) is 31.6. The molecule has 0 spiro atoms. The zero-order valence-electron chi connectivity index (χ0n) is 18.0. The fourth-order valence-corrected chi connectivity index (χ4v) is 4.62. The molecule has 0 saturated carbocycles. The number of benzene rings is 2. The van der Waals surface area contributed by atoms with Crippen LogP contribution in [0.15, 0.2) is 59.6 Å². The summed E-state index contributed by atoms with van der Waals surface area (Å²) in [6.07, 6.45) is 1.60. The van der Waals surface area contributed by atoms with Crippen LogP contribution in [0.1, 0.15) is 12.5 Å². The van der Waals surface area contributed by atoms with Crippen LogP contribution < -0.4 is 10.2 Å². The molecule has 12 heteroatoms. The smallest absolute Gasteiger partial charge is 0.388 e. The summed E-state index contributed by atoms with van der Waals surface area (Å²) in [7, 11) is -3.79. The molecular formula is C22H19F3N4O4S. The number of nitrogens with zero attached hydrogens (tertiary/aromatic N) is 3. The van der Waals surface area contributed by atoms with Crippen molar-refractivity contribution in [3.8, 4) is 0 Å². The Hall–Kier alpha value is -3.67. The second kappa shape index (κ2) is 8.28. The van der Waals surface area contributed by atoms with Crippen molar-refractivity contribution in [3.63, 3.8) is 0 Å². The summed E-state index contributed by atoms with van der Waals surface area (Å²) < 4.78 is 61.6. The maximum Gasteiger partial charge on any atom is 0.501 e. The standard InChI is InChI=1S/C22H19F3N4O4S/c1-13-20(30)29(15-6-8-16(9-7-15)34(32,33)22(23,24)25)21(31)28(13)12-14-10-11-27-18-5-3-4-17(26-2)19(14)18/h3-11,13,26H,12H2,1-2H3. The number of alkyl halides is 3. The Balaban J connectivity index is 1.66. The lowest BCUT2D eigenvalue weighted by atomic mass is 10.1. The first-order chi connectivity index (χ1) is 16.0. The van der Waals surface area contributed by atoms with Gasteiger partial charge in [0.15, 0.2) is 0 Å². The minimum Gasteiger partial charge on any atom is -0.388 e. The third-order valence-electron chi connectivity index (χ3n) is 5.66. The number of hydrogen-bond donors (Lipinski definition) is 1. The average Bonchev–Trinajstić information content (AvgIpc) is 3.01. The number of carbonyl (C=O) groups is 2. The monoisotopic (exact) mass is 492 g/mol. The number of amides is 3. The largest absolute Gasteiger partial charge is 0.501 e. The van der Waals surface area contributed by atoms with Crippen LogP contribution in [0.25, 0.3) is 10.9 Å². The molecule has 1 fully saturated rings. The molecule has 4 rings (SSSR count). The van der Waals surface area contributed by atoms with Crippen molar-refractivity contribution in [2.45, 2.75) is 29.9 Å². The van der Waals surface area contributed by atoms with Crippen molar-refractivity contribution in [2.24, 2.45) is 0 Å². The Labute approximate surface area is 192 Å². The van der Waals surface area contributed by atoms with Gasteiger partial charge in [0, 0.05) is 30.9 Å². The minimum absolute atomic E-state index is 0.0269. The SMILES string of the molecule is CNc1cccc2nccc(CN3C(=O)N(c4ccc(S(=O)(=O)C(F)(F)F)cc4)C(=O)C3C)c12. The number of aromatic nitrogens is 1. The van der Waals surface area contributed by atoms with Gasteiger partial charge >= 0.3 is 11.5 Å². The molecule has 1 aromatic heterocycles. The number of urea groups is 1. The molecule has 3 aromatic rings. The Morgan fingerprint density at radius 3 is 2.35 bits per heavy atom. The van der Waals surface area contributed by atoms with E-state index in [1.54, 1.807) is 26.2 Å². The van der Waals surface area contributed by atoms with E-state index in [2.05, 4.69) is 10.3 Å². The fraction of sp³-hybridized carbons (Fsp3) is 0.227. The van der Waals surface area contributed by atoms with Crippen molar-refractivity contribution >= 4 is 44.1 Å². The number of imide groups is 1. The molecule has 1 unspecified atom stereocenters. The van der Waals surface area contributed by atoms with Crippen molar-refractivity contribution in [1.29, 1.82) is 0 Å². The van der Waals surface area contributed by atoms with E-state index in [4.69, 9.17) is 0 Å². The number of sulfone groups is 1. The third-order valence-corrected chi connectivity index (χ3v) is 7.16. The van der Waals surface area contributed by atoms with E-state index in [0.29, 0.717) is 5.52 Å². The topological polar surface area (TPSA) is 99.7 Å². The zero-order chi connectivity index (χ0) is 24.8. The molecule has 2 heterocycles. The number of halogens is 3. The van der Waals surface area contributed by atoms with Crippen LogP contribution in [-0.4, -0.2) is 48.8 Å². The normalized spacial score (nSPS) is 17.0. The number of anilines is 2. The zero-order valence-corrected chi connectivity index (χ0v) is 18.8. The van der Waals surface area contributed by atoms with E-state index in [-0.39, 0.29) is 12.2 Å². The van der Waals surface area contributed by atoms with E-state index in [1.165, 1.54) is 4.90 Å². The van der Waals surface area contributed by atoms with Crippen LogP contribution in [0.4, 0.5) is 29.3 Å². The van der Waals surface area contributed by atoms with Crippen LogP contribution in [0.2, 0.25) is 0 Å². The van der Waals surface area contributed by atoms with Crippen LogP contribution in [0, 0.1) is 0 Å². The van der Waals surface area contributed by atoms with Crippen molar-refractivity contribution in [3.05, 3.63) is 60.3 Å².